The van der Waals surface area contributed by atoms with Gasteiger partial charge in [-0.3, -0.25) is 20.2 Å². The Morgan fingerprint density at radius 3 is 2.78 bits per heavy atom. The van der Waals surface area contributed by atoms with E-state index in [-0.39, 0.29) is 21.5 Å². The van der Waals surface area contributed by atoms with Gasteiger partial charge in [-0.25, -0.2) is 0 Å². The minimum absolute atomic E-state index is 0.0281. The predicted molar refractivity (Wildman–Crippen MR) is 109 cm³/mol. The van der Waals surface area contributed by atoms with E-state index in [4.69, 9.17) is 28.6 Å². The lowest BCUT2D eigenvalue weighted by molar-refractivity contribution is -0.384. The van der Waals surface area contributed by atoms with Crippen LogP contribution in [0.3, 0.4) is 0 Å². The van der Waals surface area contributed by atoms with Gasteiger partial charge in [-0.1, -0.05) is 31.0 Å². The number of thiocarbonyl (C=S) groups is 1. The van der Waals surface area contributed by atoms with Gasteiger partial charge in [0.25, 0.3) is 11.6 Å². The molecule has 0 aliphatic heterocycles. The Morgan fingerprint density at radius 2 is 2.07 bits per heavy atom. The number of nitro benzene ring substituents is 1. The molecule has 0 unspecified atom stereocenters. The smallest absolute Gasteiger partial charge is 0.271 e. The monoisotopic (exact) mass is 407 g/mol. The number of nitro groups is 1. The number of rotatable bonds is 7. The molecule has 0 aromatic heterocycles. The first kappa shape index (κ1) is 20.6. The van der Waals surface area contributed by atoms with Gasteiger partial charge >= 0.3 is 0 Å². The summed E-state index contributed by atoms with van der Waals surface area (Å²) in [5, 5.41) is 16.3. The van der Waals surface area contributed by atoms with Crippen LogP contribution in [0.25, 0.3) is 0 Å². The fourth-order valence-electron chi connectivity index (χ4n) is 2.11. The lowest BCUT2D eigenvalue weighted by atomic mass is 10.2. The zero-order valence-electron chi connectivity index (χ0n) is 14.5. The van der Waals surface area contributed by atoms with Crippen molar-refractivity contribution >= 4 is 46.2 Å². The summed E-state index contributed by atoms with van der Waals surface area (Å²) in [5.41, 5.74) is 0.457. The number of unbranched alkanes of at least 4 members (excludes halogenated alkanes) is 1. The Labute approximate surface area is 166 Å². The predicted octanol–water partition coefficient (Wildman–Crippen LogP) is 4.55. The molecular weight excluding hydrogens is 390 g/mol. The number of hydrogen-bond donors (Lipinski definition) is 2. The van der Waals surface area contributed by atoms with Gasteiger partial charge in [0.2, 0.25) is 0 Å². The average Bonchev–Trinajstić information content (AvgIpc) is 2.63. The first-order valence-corrected chi connectivity index (χ1v) is 8.98. The molecule has 1 amide bonds. The lowest BCUT2D eigenvalue weighted by Gasteiger charge is -2.11. The van der Waals surface area contributed by atoms with Crippen LogP contribution in [0, 0.1) is 10.1 Å². The van der Waals surface area contributed by atoms with Crippen molar-refractivity contribution in [2.24, 2.45) is 0 Å². The van der Waals surface area contributed by atoms with Crippen LogP contribution in [0.15, 0.2) is 42.5 Å². The molecule has 27 heavy (non-hydrogen) atoms. The van der Waals surface area contributed by atoms with Gasteiger partial charge < -0.3 is 10.1 Å². The quantitative estimate of drug-likeness (QED) is 0.302. The molecule has 2 aromatic rings. The van der Waals surface area contributed by atoms with E-state index in [0.29, 0.717) is 17.9 Å². The van der Waals surface area contributed by atoms with Gasteiger partial charge in [0.15, 0.2) is 5.11 Å². The van der Waals surface area contributed by atoms with Crippen LogP contribution in [0.2, 0.25) is 5.02 Å². The lowest BCUT2D eigenvalue weighted by Crippen LogP contribution is -2.34. The molecule has 0 spiro atoms. The molecule has 2 N–H and O–H groups in total. The zero-order chi connectivity index (χ0) is 19.8. The minimum atomic E-state index is -0.548. The van der Waals surface area contributed by atoms with E-state index in [1.807, 2.05) is 0 Å². The minimum Gasteiger partial charge on any atom is -0.494 e. The van der Waals surface area contributed by atoms with Crippen LogP contribution in [-0.2, 0) is 0 Å². The molecule has 0 saturated heterocycles. The second-order valence-corrected chi connectivity index (χ2v) is 6.37. The third kappa shape index (κ3) is 6.19. The third-order valence-corrected chi connectivity index (χ3v) is 4.03. The molecule has 0 fully saturated rings. The summed E-state index contributed by atoms with van der Waals surface area (Å²) >= 11 is 11.1. The number of nitrogens with one attached hydrogen (secondary N) is 2. The number of ether oxygens (including phenoxy) is 1. The van der Waals surface area contributed by atoms with Crippen molar-refractivity contribution in [3.63, 3.8) is 0 Å². The topological polar surface area (TPSA) is 93.5 Å². The summed E-state index contributed by atoms with van der Waals surface area (Å²) in [6.45, 7) is 2.64. The fourth-order valence-corrected chi connectivity index (χ4v) is 2.48. The highest BCUT2D eigenvalue weighted by Gasteiger charge is 2.13. The van der Waals surface area contributed by atoms with Crippen LogP contribution >= 0.6 is 23.8 Å². The van der Waals surface area contributed by atoms with E-state index in [2.05, 4.69) is 17.6 Å². The Hall–Kier alpha value is -2.71. The fraction of sp³-hybridized carbons (Fsp3) is 0.222. The molecule has 0 bridgehead atoms. The Kier molecular flexibility index (Phi) is 7.51. The van der Waals surface area contributed by atoms with Crippen molar-refractivity contribution < 1.29 is 14.5 Å². The maximum atomic E-state index is 12.4. The Morgan fingerprint density at radius 1 is 1.30 bits per heavy atom. The van der Waals surface area contributed by atoms with Crippen LogP contribution in [0.4, 0.5) is 11.4 Å². The first-order valence-electron chi connectivity index (χ1n) is 8.20. The van der Waals surface area contributed by atoms with Gasteiger partial charge in [-0.05, 0) is 42.9 Å². The first-order chi connectivity index (χ1) is 12.9. The molecule has 0 saturated carbocycles. The number of anilines is 1. The van der Waals surface area contributed by atoms with Gasteiger partial charge in [0.1, 0.15) is 5.75 Å². The van der Waals surface area contributed by atoms with Crippen LogP contribution in [0.1, 0.15) is 30.1 Å². The summed E-state index contributed by atoms with van der Waals surface area (Å²) in [6.07, 6.45) is 1.94. The molecule has 0 aliphatic carbocycles. The van der Waals surface area contributed by atoms with E-state index < -0.39 is 10.8 Å². The molecule has 2 aromatic carbocycles. The van der Waals surface area contributed by atoms with Crippen molar-refractivity contribution in [3.8, 4) is 5.75 Å². The molecule has 0 radical (unpaired) electrons. The van der Waals surface area contributed by atoms with Gasteiger partial charge in [0, 0.05) is 17.7 Å². The van der Waals surface area contributed by atoms with E-state index in [1.54, 1.807) is 24.3 Å². The molecule has 0 aliphatic rings. The second-order valence-electron chi connectivity index (χ2n) is 5.56. The number of carbonyl (C=O) groups excluding carboxylic acids is 1. The summed E-state index contributed by atoms with van der Waals surface area (Å²) in [4.78, 5) is 22.7. The van der Waals surface area contributed by atoms with Crippen molar-refractivity contribution in [3.05, 3.63) is 63.2 Å². The molecule has 7 nitrogen and oxygen atoms in total. The summed E-state index contributed by atoms with van der Waals surface area (Å²) in [6, 6.07) is 10.6. The van der Waals surface area contributed by atoms with Crippen molar-refractivity contribution in [1.82, 2.24) is 5.32 Å². The second kappa shape index (κ2) is 9.84. The molecule has 2 rings (SSSR count). The zero-order valence-corrected chi connectivity index (χ0v) is 16.1. The van der Waals surface area contributed by atoms with Crippen LogP contribution < -0.4 is 15.4 Å². The highest BCUT2D eigenvalue weighted by atomic mass is 35.5. The number of carbonyl (C=O) groups is 1. The highest BCUT2D eigenvalue weighted by molar-refractivity contribution is 7.80. The number of nitrogens with zero attached hydrogens (tertiary/aromatic N) is 1. The standard InChI is InChI=1S/C18H18ClN3O4S/c1-2-3-9-26-14-6-4-5-12(10-14)17(23)21-18(27)20-16-11-13(22(24)25)7-8-15(16)19/h4-8,10-11H,2-3,9H2,1H3,(H2,20,21,23,27). The number of amides is 1. The van der Waals surface area contributed by atoms with Gasteiger partial charge in [0.05, 0.1) is 22.2 Å². The van der Waals surface area contributed by atoms with Crippen LogP contribution in [-0.4, -0.2) is 22.5 Å². The highest BCUT2D eigenvalue weighted by Crippen LogP contribution is 2.26. The van der Waals surface area contributed by atoms with Crippen molar-refractivity contribution in [2.75, 3.05) is 11.9 Å². The number of benzene rings is 2. The average molecular weight is 408 g/mol. The van der Waals surface area contributed by atoms with Crippen molar-refractivity contribution in [2.45, 2.75) is 19.8 Å². The molecular formula is C18H18ClN3O4S. The molecule has 0 atom stereocenters. The number of non-ortho nitro benzene ring substituents is 1. The van der Waals surface area contributed by atoms with Crippen molar-refractivity contribution in [1.29, 1.82) is 0 Å². The SMILES string of the molecule is CCCCOc1cccc(C(=O)NC(=S)Nc2cc([N+](=O)[O-])ccc2Cl)c1. The third-order valence-electron chi connectivity index (χ3n) is 3.50. The summed E-state index contributed by atoms with van der Waals surface area (Å²) < 4.78 is 5.58. The molecule has 142 valence electrons. The maximum absolute atomic E-state index is 12.4. The van der Waals surface area contributed by atoms with Gasteiger partial charge in [-0.2, -0.15) is 0 Å². The molecule has 0 heterocycles. The summed E-state index contributed by atoms with van der Waals surface area (Å²) in [5.74, 6) is 0.159. The normalized spacial score (nSPS) is 10.1. The van der Waals surface area contributed by atoms with Crippen LogP contribution in [0.5, 0.6) is 5.75 Å². The van der Waals surface area contributed by atoms with E-state index in [1.165, 1.54) is 18.2 Å². The maximum Gasteiger partial charge on any atom is 0.271 e. The largest absolute Gasteiger partial charge is 0.494 e. The number of hydrogen-bond acceptors (Lipinski definition) is 5. The summed E-state index contributed by atoms with van der Waals surface area (Å²) in [7, 11) is 0. The Bertz CT molecular complexity index is 860. The number of halogens is 1. The molecule has 9 heteroatoms. The van der Waals surface area contributed by atoms with E-state index in [0.717, 1.165) is 12.8 Å². The van der Waals surface area contributed by atoms with E-state index in [9.17, 15) is 14.9 Å². The Balaban J connectivity index is 2.02. The van der Waals surface area contributed by atoms with E-state index >= 15 is 0 Å². The van der Waals surface area contributed by atoms with Gasteiger partial charge in [-0.15, -0.1) is 0 Å².